The number of ether oxygens (including phenoxy) is 2. The third-order valence-electron chi connectivity index (χ3n) is 5.83. The number of aliphatic hydroxyl groups is 1. The SMILES string of the molecule is COc1cccc(/C(O)=C2\C(=O)C(=O)N(CCCN3CCOCC3)[C@@H]2c2ccccn2)c1. The number of ketones is 1. The van der Waals surface area contributed by atoms with Gasteiger partial charge >= 0.3 is 0 Å². The molecule has 4 rings (SSSR count). The van der Waals surface area contributed by atoms with Gasteiger partial charge in [0.25, 0.3) is 11.7 Å². The number of carbonyl (C=O) groups is 2. The fourth-order valence-electron chi connectivity index (χ4n) is 4.17. The lowest BCUT2D eigenvalue weighted by Crippen LogP contribution is -2.39. The van der Waals surface area contributed by atoms with E-state index in [1.54, 1.807) is 42.6 Å². The molecule has 1 aromatic heterocycles. The number of benzene rings is 1. The average molecular weight is 437 g/mol. The molecule has 1 N–H and O–H groups in total. The first-order valence-electron chi connectivity index (χ1n) is 10.7. The number of methoxy groups -OCH3 is 1. The number of hydrogen-bond acceptors (Lipinski definition) is 7. The summed E-state index contributed by atoms with van der Waals surface area (Å²) in [7, 11) is 1.53. The highest BCUT2D eigenvalue weighted by molar-refractivity contribution is 6.46. The quantitative estimate of drug-likeness (QED) is 0.403. The number of nitrogens with zero attached hydrogens (tertiary/aromatic N) is 3. The number of likely N-dealkylation sites (tertiary alicyclic amines) is 1. The fourth-order valence-corrected chi connectivity index (χ4v) is 4.17. The van der Waals surface area contributed by atoms with Crippen molar-refractivity contribution in [2.24, 2.45) is 0 Å². The molecule has 2 aliphatic heterocycles. The summed E-state index contributed by atoms with van der Waals surface area (Å²) >= 11 is 0. The number of rotatable bonds is 7. The van der Waals surface area contributed by atoms with Gasteiger partial charge in [-0.1, -0.05) is 18.2 Å². The van der Waals surface area contributed by atoms with E-state index in [0.29, 0.717) is 43.2 Å². The van der Waals surface area contributed by atoms with E-state index in [1.165, 1.54) is 12.0 Å². The molecule has 0 aliphatic carbocycles. The van der Waals surface area contributed by atoms with Crippen LogP contribution in [0.1, 0.15) is 23.7 Å². The van der Waals surface area contributed by atoms with Crippen LogP contribution < -0.4 is 4.74 Å². The lowest BCUT2D eigenvalue weighted by atomic mass is 9.98. The van der Waals surface area contributed by atoms with Crippen molar-refractivity contribution >= 4 is 17.4 Å². The molecule has 0 saturated carbocycles. The van der Waals surface area contributed by atoms with Gasteiger partial charge in [-0.05, 0) is 30.7 Å². The number of carbonyl (C=O) groups excluding carboxylic acids is 2. The number of hydrogen-bond donors (Lipinski definition) is 1. The van der Waals surface area contributed by atoms with Crippen LogP contribution in [-0.2, 0) is 14.3 Å². The molecule has 8 heteroatoms. The molecule has 2 aromatic rings. The first-order chi connectivity index (χ1) is 15.6. The molecule has 0 unspecified atom stereocenters. The number of pyridine rings is 1. The second-order valence-corrected chi connectivity index (χ2v) is 7.79. The minimum atomic E-state index is -0.743. The van der Waals surface area contributed by atoms with Gasteiger partial charge in [-0.3, -0.25) is 19.5 Å². The highest BCUT2D eigenvalue weighted by Gasteiger charge is 2.46. The molecular weight excluding hydrogens is 410 g/mol. The van der Waals surface area contributed by atoms with Crippen LogP contribution in [0.5, 0.6) is 5.75 Å². The zero-order chi connectivity index (χ0) is 22.5. The first kappa shape index (κ1) is 22.0. The van der Waals surface area contributed by atoms with Crippen LogP contribution in [0, 0.1) is 0 Å². The molecule has 2 fully saturated rings. The second kappa shape index (κ2) is 9.93. The summed E-state index contributed by atoms with van der Waals surface area (Å²) in [5.41, 5.74) is 1.01. The van der Waals surface area contributed by atoms with Crippen molar-refractivity contribution in [1.82, 2.24) is 14.8 Å². The van der Waals surface area contributed by atoms with Gasteiger partial charge in [0.05, 0.1) is 31.6 Å². The molecule has 0 spiro atoms. The molecule has 2 saturated heterocycles. The number of aliphatic hydroxyl groups excluding tert-OH is 1. The van der Waals surface area contributed by atoms with E-state index in [1.807, 2.05) is 6.07 Å². The normalized spacial score (nSPS) is 21.2. The van der Waals surface area contributed by atoms with Crippen LogP contribution in [0.15, 0.2) is 54.2 Å². The number of morpholine rings is 1. The van der Waals surface area contributed by atoms with Gasteiger partial charge < -0.3 is 19.5 Å². The van der Waals surface area contributed by atoms with Gasteiger partial charge in [0.15, 0.2) is 0 Å². The Morgan fingerprint density at radius 1 is 1.16 bits per heavy atom. The van der Waals surface area contributed by atoms with Crippen molar-refractivity contribution in [2.45, 2.75) is 12.5 Å². The Bertz CT molecular complexity index is 1000. The van der Waals surface area contributed by atoms with Crippen LogP contribution in [0.2, 0.25) is 0 Å². The molecule has 168 valence electrons. The molecule has 32 heavy (non-hydrogen) atoms. The van der Waals surface area contributed by atoms with E-state index in [9.17, 15) is 14.7 Å². The molecule has 3 heterocycles. The summed E-state index contributed by atoms with van der Waals surface area (Å²) < 4.78 is 10.6. The van der Waals surface area contributed by atoms with Crippen molar-refractivity contribution in [3.63, 3.8) is 0 Å². The van der Waals surface area contributed by atoms with Gasteiger partial charge in [0.2, 0.25) is 0 Å². The van der Waals surface area contributed by atoms with E-state index < -0.39 is 17.7 Å². The van der Waals surface area contributed by atoms with Crippen LogP contribution in [-0.4, -0.2) is 78.1 Å². The average Bonchev–Trinajstić information content (AvgIpc) is 3.10. The Kier molecular flexibility index (Phi) is 6.82. The Balaban J connectivity index is 1.65. The minimum Gasteiger partial charge on any atom is -0.507 e. The van der Waals surface area contributed by atoms with Crippen molar-refractivity contribution in [1.29, 1.82) is 0 Å². The summed E-state index contributed by atoms with van der Waals surface area (Å²) in [6.45, 7) is 4.32. The lowest BCUT2D eigenvalue weighted by molar-refractivity contribution is -0.140. The third kappa shape index (κ3) is 4.51. The van der Waals surface area contributed by atoms with Gasteiger partial charge in [0.1, 0.15) is 17.6 Å². The molecule has 0 radical (unpaired) electrons. The first-order valence-corrected chi connectivity index (χ1v) is 10.7. The summed E-state index contributed by atoms with van der Waals surface area (Å²) in [5, 5.41) is 11.1. The van der Waals surface area contributed by atoms with Gasteiger partial charge in [-0.2, -0.15) is 0 Å². The maximum absolute atomic E-state index is 13.0. The molecule has 1 amide bonds. The Morgan fingerprint density at radius 2 is 1.97 bits per heavy atom. The van der Waals surface area contributed by atoms with Crippen molar-refractivity contribution in [3.05, 3.63) is 65.5 Å². The molecule has 2 aliphatic rings. The second-order valence-electron chi connectivity index (χ2n) is 7.79. The molecule has 0 bridgehead atoms. The largest absolute Gasteiger partial charge is 0.507 e. The van der Waals surface area contributed by atoms with E-state index in [4.69, 9.17) is 9.47 Å². The van der Waals surface area contributed by atoms with Gasteiger partial charge in [-0.25, -0.2) is 0 Å². The van der Waals surface area contributed by atoms with Gasteiger partial charge in [0, 0.05) is 37.9 Å². The van der Waals surface area contributed by atoms with E-state index in [-0.39, 0.29) is 11.3 Å². The molecule has 1 aromatic carbocycles. The summed E-state index contributed by atoms with van der Waals surface area (Å²) in [4.78, 5) is 34.2. The van der Waals surface area contributed by atoms with Crippen molar-refractivity contribution < 1.29 is 24.2 Å². The monoisotopic (exact) mass is 437 g/mol. The molecule has 1 atom stereocenters. The van der Waals surface area contributed by atoms with E-state index in [2.05, 4.69) is 9.88 Å². The highest BCUT2D eigenvalue weighted by atomic mass is 16.5. The van der Waals surface area contributed by atoms with Crippen molar-refractivity contribution in [2.75, 3.05) is 46.5 Å². The van der Waals surface area contributed by atoms with E-state index in [0.717, 1.165) is 19.6 Å². The minimum absolute atomic E-state index is 0.0494. The number of Topliss-reactive ketones (excluding diaryl/α,β-unsaturated/α-hetero) is 1. The Labute approximate surface area is 187 Å². The predicted molar refractivity (Wildman–Crippen MR) is 118 cm³/mol. The van der Waals surface area contributed by atoms with Crippen LogP contribution >= 0.6 is 0 Å². The standard InChI is InChI=1S/C24H27N3O5/c1-31-18-7-4-6-17(16-18)22(28)20-21(19-8-2-3-9-25-19)27(24(30)23(20)29)11-5-10-26-12-14-32-15-13-26/h2-4,6-9,16,21,28H,5,10-15H2,1H3/b22-20+/t21-/m1/s1. The molecule has 8 nitrogen and oxygen atoms in total. The van der Waals surface area contributed by atoms with Crippen molar-refractivity contribution in [3.8, 4) is 5.75 Å². The predicted octanol–water partition coefficient (Wildman–Crippen LogP) is 2.23. The summed E-state index contributed by atoms with van der Waals surface area (Å²) in [6, 6.07) is 11.4. The number of amides is 1. The molecular formula is C24H27N3O5. The maximum atomic E-state index is 13.0. The van der Waals surface area contributed by atoms with Crippen LogP contribution in [0.4, 0.5) is 0 Å². The highest BCUT2D eigenvalue weighted by Crippen LogP contribution is 2.39. The Hall–Kier alpha value is -3.23. The maximum Gasteiger partial charge on any atom is 0.295 e. The van der Waals surface area contributed by atoms with Crippen LogP contribution in [0.3, 0.4) is 0 Å². The zero-order valence-corrected chi connectivity index (χ0v) is 18.1. The Morgan fingerprint density at radius 3 is 2.69 bits per heavy atom. The van der Waals surface area contributed by atoms with Crippen LogP contribution in [0.25, 0.3) is 5.76 Å². The number of aromatic nitrogens is 1. The lowest BCUT2D eigenvalue weighted by Gasteiger charge is -2.28. The van der Waals surface area contributed by atoms with E-state index >= 15 is 0 Å². The smallest absolute Gasteiger partial charge is 0.295 e. The topological polar surface area (TPSA) is 92.2 Å². The third-order valence-corrected chi connectivity index (χ3v) is 5.83. The summed E-state index contributed by atoms with van der Waals surface area (Å²) in [5.74, 6) is -1.00. The zero-order valence-electron chi connectivity index (χ0n) is 18.1. The fraction of sp³-hybridized carbons (Fsp3) is 0.375. The van der Waals surface area contributed by atoms with Gasteiger partial charge in [-0.15, -0.1) is 0 Å². The summed E-state index contributed by atoms with van der Waals surface area (Å²) in [6.07, 6.45) is 2.32.